The molecule has 2 saturated carbocycles. The van der Waals surface area contributed by atoms with E-state index in [1.165, 1.54) is 64.2 Å². The molecule has 2 aliphatic carbocycles. The minimum absolute atomic E-state index is 0.0598. The summed E-state index contributed by atoms with van der Waals surface area (Å²) in [5.41, 5.74) is 1.20. The minimum atomic E-state index is 0.0598. The van der Waals surface area contributed by atoms with Crippen LogP contribution in [0.4, 0.5) is 0 Å². The van der Waals surface area contributed by atoms with E-state index >= 15 is 0 Å². The molecular formula is C23H31N. The van der Waals surface area contributed by atoms with Gasteiger partial charge in [0.2, 0.25) is 0 Å². The molecule has 0 aliphatic heterocycles. The van der Waals surface area contributed by atoms with Crippen molar-refractivity contribution in [2.45, 2.75) is 75.8 Å². The molecule has 0 atom stereocenters. The fourth-order valence-corrected chi connectivity index (χ4v) is 4.54. The highest BCUT2D eigenvalue weighted by molar-refractivity contribution is 5.37. The normalized spacial score (nSPS) is 21.0. The second-order valence-corrected chi connectivity index (χ2v) is 7.44. The van der Waals surface area contributed by atoms with Crippen molar-refractivity contribution in [3.05, 3.63) is 48.6 Å². The lowest BCUT2D eigenvalue weighted by molar-refractivity contribution is 0.0491. The van der Waals surface area contributed by atoms with E-state index < -0.39 is 0 Å². The Kier molecular flexibility index (Phi) is 6.16. The largest absolute Gasteiger partial charge is 0.281 e. The molecular weight excluding hydrogens is 290 g/mol. The smallest absolute Gasteiger partial charge is 0.0834 e. The van der Waals surface area contributed by atoms with Crippen LogP contribution in [0.1, 0.15) is 69.8 Å². The lowest BCUT2D eigenvalue weighted by Gasteiger charge is -2.48. The summed E-state index contributed by atoms with van der Waals surface area (Å²) in [4.78, 5) is 2.73. The Morgan fingerprint density at radius 1 is 1.00 bits per heavy atom. The quantitative estimate of drug-likeness (QED) is 0.518. The third-order valence-corrected chi connectivity index (χ3v) is 5.79. The molecule has 0 N–H and O–H groups in total. The van der Waals surface area contributed by atoms with Gasteiger partial charge in [0.05, 0.1) is 5.54 Å². The molecule has 1 heteroatoms. The molecule has 128 valence electrons. The van der Waals surface area contributed by atoms with Crippen molar-refractivity contribution in [1.29, 1.82) is 0 Å². The molecule has 2 fully saturated rings. The van der Waals surface area contributed by atoms with Crippen molar-refractivity contribution in [1.82, 2.24) is 4.90 Å². The highest BCUT2D eigenvalue weighted by atomic mass is 15.2. The van der Waals surface area contributed by atoms with Crippen molar-refractivity contribution in [2.75, 3.05) is 6.54 Å². The van der Waals surface area contributed by atoms with Crippen LogP contribution < -0.4 is 0 Å². The zero-order valence-electron chi connectivity index (χ0n) is 15.0. The first-order valence-electron chi connectivity index (χ1n) is 9.80. The highest BCUT2D eigenvalue weighted by Crippen LogP contribution is 2.37. The van der Waals surface area contributed by atoms with Crippen LogP contribution in [0.15, 0.2) is 43.0 Å². The molecule has 0 unspecified atom stereocenters. The van der Waals surface area contributed by atoms with Crippen molar-refractivity contribution < 1.29 is 0 Å². The summed E-state index contributed by atoms with van der Waals surface area (Å²) in [5, 5.41) is 0. The Morgan fingerprint density at radius 2 is 1.67 bits per heavy atom. The SMILES string of the molecule is C=CCN(C1CCCCC1)C1(C#Cc2ccccc2)CCCCC1. The second kappa shape index (κ2) is 8.54. The van der Waals surface area contributed by atoms with Crippen LogP contribution in [0, 0.1) is 11.8 Å². The molecule has 3 rings (SSSR count). The predicted octanol–water partition coefficient (Wildman–Crippen LogP) is 5.56. The van der Waals surface area contributed by atoms with E-state index in [9.17, 15) is 0 Å². The summed E-state index contributed by atoms with van der Waals surface area (Å²) < 4.78 is 0. The molecule has 0 heterocycles. The van der Waals surface area contributed by atoms with Crippen molar-refractivity contribution in [3.63, 3.8) is 0 Å². The summed E-state index contributed by atoms with van der Waals surface area (Å²) >= 11 is 0. The molecule has 0 amide bonds. The Balaban J connectivity index is 1.90. The third kappa shape index (κ3) is 4.11. The van der Waals surface area contributed by atoms with Gasteiger partial charge >= 0.3 is 0 Å². The zero-order chi connectivity index (χ0) is 16.7. The number of benzene rings is 1. The Hall–Kier alpha value is -1.52. The molecule has 2 aliphatic rings. The maximum absolute atomic E-state index is 4.05. The summed E-state index contributed by atoms with van der Waals surface area (Å²) in [6.07, 6.45) is 15.3. The summed E-state index contributed by atoms with van der Waals surface area (Å²) in [6.45, 7) is 5.03. The molecule has 1 aromatic rings. The van der Waals surface area contributed by atoms with Gasteiger partial charge in [0.25, 0.3) is 0 Å². The number of hydrogen-bond acceptors (Lipinski definition) is 1. The fourth-order valence-electron chi connectivity index (χ4n) is 4.54. The van der Waals surface area contributed by atoms with Gasteiger partial charge in [-0.1, -0.05) is 74.6 Å². The highest BCUT2D eigenvalue weighted by Gasteiger charge is 2.39. The van der Waals surface area contributed by atoms with E-state index in [2.05, 4.69) is 59.7 Å². The standard InChI is InChI=1S/C23H31N/c1-2-20-24(22-14-8-4-9-15-22)23(17-10-5-11-18-23)19-16-21-12-6-3-7-13-21/h2-3,6-7,12-13,22H,1,4-5,8-11,14-15,17-18,20H2. The van der Waals surface area contributed by atoms with Crippen molar-refractivity contribution >= 4 is 0 Å². The van der Waals surface area contributed by atoms with Gasteiger partial charge in [-0.3, -0.25) is 4.90 Å². The van der Waals surface area contributed by atoms with E-state index in [0.717, 1.165) is 12.1 Å². The van der Waals surface area contributed by atoms with Gasteiger partial charge in [-0.25, -0.2) is 0 Å². The average molecular weight is 322 g/mol. The van der Waals surface area contributed by atoms with E-state index in [1.54, 1.807) is 0 Å². The number of rotatable bonds is 4. The van der Waals surface area contributed by atoms with Crippen LogP contribution in [0.25, 0.3) is 0 Å². The van der Waals surface area contributed by atoms with Crippen LogP contribution in [-0.2, 0) is 0 Å². The van der Waals surface area contributed by atoms with Crippen LogP contribution in [0.2, 0.25) is 0 Å². The lowest BCUT2D eigenvalue weighted by atomic mass is 9.78. The summed E-state index contributed by atoms with van der Waals surface area (Å²) in [7, 11) is 0. The Labute approximate surface area is 148 Å². The van der Waals surface area contributed by atoms with E-state index in [4.69, 9.17) is 0 Å². The zero-order valence-corrected chi connectivity index (χ0v) is 15.0. The minimum Gasteiger partial charge on any atom is -0.281 e. The van der Waals surface area contributed by atoms with Crippen LogP contribution in [-0.4, -0.2) is 23.0 Å². The first-order chi connectivity index (χ1) is 11.8. The number of nitrogens with zero attached hydrogens (tertiary/aromatic N) is 1. The van der Waals surface area contributed by atoms with Gasteiger partial charge in [0.1, 0.15) is 0 Å². The fraction of sp³-hybridized carbons (Fsp3) is 0.565. The molecule has 0 bridgehead atoms. The third-order valence-electron chi connectivity index (χ3n) is 5.79. The first-order valence-corrected chi connectivity index (χ1v) is 9.80. The van der Waals surface area contributed by atoms with Gasteiger partial charge in [0, 0.05) is 18.2 Å². The Morgan fingerprint density at radius 3 is 2.33 bits per heavy atom. The van der Waals surface area contributed by atoms with Crippen LogP contribution in [0.3, 0.4) is 0 Å². The van der Waals surface area contributed by atoms with Crippen LogP contribution in [0.5, 0.6) is 0 Å². The van der Waals surface area contributed by atoms with Crippen molar-refractivity contribution in [2.24, 2.45) is 0 Å². The molecule has 0 aromatic heterocycles. The monoisotopic (exact) mass is 321 g/mol. The van der Waals surface area contributed by atoms with Gasteiger partial charge in [0.15, 0.2) is 0 Å². The lowest BCUT2D eigenvalue weighted by Crippen LogP contribution is -2.54. The summed E-state index contributed by atoms with van der Waals surface area (Å²) in [5.74, 6) is 7.27. The average Bonchev–Trinajstić information content (AvgIpc) is 2.67. The number of hydrogen-bond donors (Lipinski definition) is 0. The Bertz CT molecular complexity index is 565. The molecule has 1 nitrogen and oxygen atoms in total. The van der Waals surface area contributed by atoms with Crippen molar-refractivity contribution in [3.8, 4) is 11.8 Å². The maximum atomic E-state index is 4.05. The van der Waals surface area contributed by atoms with E-state index in [-0.39, 0.29) is 5.54 Å². The predicted molar refractivity (Wildman–Crippen MR) is 103 cm³/mol. The topological polar surface area (TPSA) is 3.24 Å². The first kappa shape index (κ1) is 17.3. The molecule has 0 saturated heterocycles. The van der Waals surface area contributed by atoms with Gasteiger partial charge in [-0.05, 0) is 37.8 Å². The molecule has 0 spiro atoms. The molecule has 24 heavy (non-hydrogen) atoms. The summed E-state index contributed by atoms with van der Waals surface area (Å²) in [6, 6.07) is 11.2. The maximum Gasteiger partial charge on any atom is 0.0834 e. The molecule has 0 radical (unpaired) electrons. The van der Waals surface area contributed by atoms with Crippen LogP contribution >= 0.6 is 0 Å². The second-order valence-electron chi connectivity index (χ2n) is 7.44. The van der Waals surface area contributed by atoms with Gasteiger partial charge < -0.3 is 0 Å². The van der Waals surface area contributed by atoms with Gasteiger partial charge in [-0.15, -0.1) is 6.58 Å². The van der Waals surface area contributed by atoms with Gasteiger partial charge in [-0.2, -0.15) is 0 Å². The van der Waals surface area contributed by atoms with E-state index in [0.29, 0.717) is 6.04 Å². The molecule has 1 aromatic carbocycles. The van der Waals surface area contributed by atoms with E-state index in [1.807, 2.05) is 0 Å².